The van der Waals surface area contributed by atoms with Gasteiger partial charge in [0.15, 0.2) is 0 Å². The van der Waals surface area contributed by atoms with Crippen molar-refractivity contribution in [1.82, 2.24) is 0 Å². The maximum atomic E-state index is 8.69. The number of benzene rings is 2. The average molecular weight is 322 g/mol. The topological polar surface area (TPSA) is 23.8 Å². The zero-order valence-corrected chi connectivity index (χ0v) is 14.6. The summed E-state index contributed by atoms with van der Waals surface area (Å²) in [6.45, 7) is 10.1. The highest BCUT2D eigenvalue weighted by molar-refractivity contribution is 5.39. The van der Waals surface area contributed by atoms with E-state index < -0.39 is 0 Å². The molecule has 0 aliphatic heterocycles. The van der Waals surface area contributed by atoms with Crippen molar-refractivity contribution in [3.05, 3.63) is 82.9 Å². The number of rotatable bonds is 5. The van der Waals surface area contributed by atoms with Gasteiger partial charge in [0.05, 0.1) is 11.6 Å². The Kier molecular flexibility index (Phi) is 11.0. The highest BCUT2D eigenvalue weighted by Crippen LogP contribution is 2.11. The molecule has 0 spiro atoms. The van der Waals surface area contributed by atoms with Crippen LogP contribution in [0.4, 0.5) is 0 Å². The Bertz CT molecular complexity index is 647. The lowest BCUT2D eigenvalue weighted by Crippen LogP contribution is -1.87. The molecule has 2 aromatic carbocycles. The molecular formula is C23H31N. The van der Waals surface area contributed by atoms with E-state index in [1.54, 1.807) is 0 Å². The van der Waals surface area contributed by atoms with E-state index in [2.05, 4.69) is 56.8 Å². The van der Waals surface area contributed by atoms with Crippen molar-refractivity contribution in [3.8, 4) is 6.07 Å². The normalized spacial score (nSPS) is 9.08. The van der Waals surface area contributed by atoms with E-state index in [9.17, 15) is 0 Å². The van der Waals surface area contributed by atoms with Crippen LogP contribution in [-0.2, 0) is 12.8 Å². The average Bonchev–Trinajstić information content (AvgIpc) is 2.55. The molecule has 0 atom stereocenters. The van der Waals surface area contributed by atoms with Crippen LogP contribution in [0.5, 0.6) is 0 Å². The van der Waals surface area contributed by atoms with Crippen LogP contribution in [0.2, 0.25) is 0 Å². The maximum Gasteiger partial charge on any atom is 0.0994 e. The molecule has 1 heteroatoms. The summed E-state index contributed by atoms with van der Waals surface area (Å²) in [5, 5.41) is 8.69. The van der Waals surface area contributed by atoms with Crippen molar-refractivity contribution in [1.29, 1.82) is 5.26 Å². The third-order valence-electron chi connectivity index (χ3n) is 3.63. The lowest BCUT2D eigenvalue weighted by atomic mass is 10.0. The van der Waals surface area contributed by atoms with Crippen LogP contribution in [0.3, 0.4) is 0 Å². The van der Waals surface area contributed by atoms with Crippen LogP contribution < -0.4 is 0 Å². The molecule has 0 amide bonds. The number of nitriles is 1. The highest BCUT2D eigenvalue weighted by atomic mass is 14.2. The standard InChI is InChI=1S/C11H13N.C11H14.CH4/c1-3-4-10-5-6-11(8-12)9(2)7-10;1-10(2)8-9-11-6-4-3-5-7-11;/h5-7H,3-4H2,1-2H3;3-7H,1,8-9H2,2H3;1H4. The summed E-state index contributed by atoms with van der Waals surface area (Å²) in [4.78, 5) is 0. The smallest absolute Gasteiger partial charge is 0.0994 e. The quantitative estimate of drug-likeness (QED) is 0.565. The van der Waals surface area contributed by atoms with E-state index in [1.165, 1.54) is 16.7 Å². The Hall–Kier alpha value is -2.33. The Morgan fingerprint density at radius 3 is 2.21 bits per heavy atom. The summed E-state index contributed by atoms with van der Waals surface area (Å²) >= 11 is 0. The van der Waals surface area contributed by atoms with Gasteiger partial charge in [-0.2, -0.15) is 5.26 Å². The van der Waals surface area contributed by atoms with Crippen LogP contribution in [0.1, 0.15) is 56.4 Å². The molecule has 0 saturated heterocycles. The van der Waals surface area contributed by atoms with Gasteiger partial charge >= 0.3 is 0 Å². The molecule has 128 valence electrons. The number of hydrogen-bond donors (Lipinski definition) is 0. The van der Waals surface area contributed by atoms with Crippen molar-refractivity contribution in [2.45, 2.75) is 53.9 Å². The molecule has 0 bridgehead atoms. The largest absolute Gasteiger partial charge is 0.192 e. The minimum Gasteiger partial charge on any atom is -0.192 e. The highest BCUT2D eigenvalue weighted by Gasteiger charge is 1.97. The monoisotopic (exact) mass is 321 g/mol. The molecule has 0 aliphatic carbocycles. The predicted molar refractivity (Wildman–Crippen MR) is 106 cm³/mol. The van der Waals surface area contributed by atoms with Crippen molar-refractivity contribution in [3.63, 3.8) is 0 Å². The van der Waals surface area contributed by atoms with Gasteiger partial charge in [0.2, 0.25) is 0 Å². The third kappa shape index (κ3) is 8.34. The van der Waals surface area contributed by atoms with Crippen molar-refractivity contribution < 1.29 is 0 Å². The zero-order valence-electron chi connectivity index (χ0n) is 14.6. The second-order valence-electron chi connectivity index (χ2n) is 5.95. The summed E-state index contributed by atoms with van der Waals surface area (Å²) in [6.07, 6.45) is 4.48. The van der Waals surface area contributed by atoms with Crippen LogP contribution in [0, 0.1) is 18.3 Å². The summed E-state index contributed by atoms with van der Waals surface area (Å²) in [7, 11) is 0. The zero-order chi connectivity index (χ0) is 17.1. The first-order chi connectivity index (χ1) is 11.1. The van der Waals surface area contributed by atoms with Gasteiger partial charge < -0.3 is 0 Å². The summed E-state index contributed by atoms with van der Waals surface area (Å²) < 4.78 is 0. The number of aryl methyl sites for hydroxylation is 3. The lowest BCUT2D eigenvalue weighted by Gasteiger charge is -2.01. The molecule has 2 aromatic rings. The molecule has 0 radical (unpaired) electrons. The molecule has 1 nitrogen and oxygen atoms in total. The van der Waals surface area contributed by atoms with Crippen LogP contribution in [-0.4, -0.2) is 0 Å². The fourth-order valence-corrected chi connectivity index (χ4v) is 2.30. The number of nitrogens with zero attached hydrogens (tertiary/aromatic N) is 1. The first kappa shape index (κ1) is 21.7. The van der Waals surface area contributed by atoms with E-state index in [1.807, 2.05) is 25.1 Å². The first-order valence-electron chi connectivity index (χ1n) is 8.24. The predicted octanol–water partition coefficient (Wildman–Crippen LogP) is 6.65. The number of hydrogen-bond acceptors (Lipinski definition) is 1. The maximum absolute atomic E-state index is 8.69. The second-order valence-corrected chi connectivity index (χ2v) is 5.95. The molecule has 24 heavy (non-hydrogen) atoms. The van der Waals surface area contributed by atoms with Crippen LogP contribution in [0.15, 0.2) is 60.7 Å². The van der Waals surface area contributed by atoms with Gasteiger partial charge in [0.25, 0.3) is 0 Å². The SMILES string of the molecule is C.C=C(C)CCc1ccccc1.CCCc1ccc(C#N)c(C)c1. The minimum absolute atomic E-state index is 0. The third-order valence-corrected chi connectivity index (χ3v) is 3.63. The van der Waals surface area contributed by atoms with Crippen molar-refractivity contribution in [2.75, 3.05) is 0 Å². The Balaban J connectivity index is 0.000000425. The summed E-state index contributed by atoms with van der Waals surface area (Å²) in [5.74, 6) is 0. The molecule has 0 aliphatic rings. The van der Waals surface area contributed by atoms with E-state index in [4.69, 9.17) is 5.26 Å². The summed E-state index contributed by atoms with van der Waals surface area (Å²) in [5.41, 5.74) is 5.86. The van der Waals surface area contributed by atoms with Crippen molar-refractivity contribution >= 4 is 0 Å². The minimum atomic E-state index is 0. The van der Waals surface area contributed by atoms with Gasteiger partial charge in [-0.25, -0.2) is 0 Å². The van der Waals surface area contributed by atoms with Gasteiger partial charge in [0.1, 0.15) is 0 Å². The number of allylic oxidation sites excluding steroid dienone is 1. The van der Waals surface area contributed by atoms with Crippen LogP contribution >= 0.6 is 0 Å². The molecule has 0 saturated carbocycles. The fraction of sp³-hybridized carbons (Fsp3) is 0.348. The second kappa shape index (κ2) is 12.1. The Morgan fingerprint density at radius 1 is 1.04 bits per heavy atom. The van der Waals surface area contributed by atoms with E-state index >= 15 is 0 Å². The molecule has 0 aromatic heterocycles. The Labute approximate surface area is 148 Å². The molecule has 0 fully saturated rings. The Morgan fingerprint density at radius 2 is 1.71 bits per heavy atom. The molecular weight excluding hydrogens is 290 g/mol. The molecule has 0 N–H and O–H groups in total. The fourth-order valence-electron chi connectivity index (χ4n) is 2.30. The van der Waals surface area contributed by atoms with Gasteiger partial charge in [-0.3, -0.25) is 0 Å². The van der Waals surface area contributed by atoms with E-state index in [0.717, 1.165) is 36.8 Å². The molecule has 2 rings (SSSR count). The van der Waals surface area contributed by atoms with Gasteiger partial charge in [-0.1, -0.05) is 68.8 Å². The van der Waals surface area contributed by atoms with Crippen molar-refractivity contribution in [2.24, 2.45) is 0 Å². The summed E-state index contributed by atoms with van der Waals surface area (Å²) in [6, 6.07) is 18.7. The van der Waals surface area contributed by atoms with Gasteiger partial charge in [-0.15, -0.1) is 6.58 Å². The first-order valence-corrected chi connectivity index (χ1v) is 8.24. The molecule has 0 heterocycles. The van der Waals surface area contributed by atoms with E-state index in [-0.39, 0.29) is 7.43 Å². The van der Waals surface area contributed by atoms with Gasteiger partial charge in [-0.05, 0) is 55.9 Å². The van der Waals surface area contributed by atoms with Gasteiger partial charge in [0, 0.05) is 0 Å². The van der Waals surface area contributed by atoms with E-state index in [0.29, 0.717) is 0 Å². The molecule has 0 unspecified atom stereocenters. The lowest BCUT2D eigenvalue weighted by molar-refractivity contribution is 0.920. The van der Waals surface area contributed by atoms with Crippen LogP contribution in [0.25, 0.3) is 0 Å².